The van der Waals surface area contributed by atoms with Crippen molar-refractivity contribution in [1.29, 1.82) is 0 Å². The fraction of sp³-hybridized carbons (Fsp3) is 0.200. The smallest absolute Gasteiger partial charge is 0.131 e. The van der Waals surface area contributed by atoms with E-state index in [0.29, 0.717) is 11.1 Å². The first-order valence-electron chi connectivity index (χ1n) is 5.85. The summed E-state index contributed by atoms with van der Waals surface area (Å²) in [6.07, 6.45) is 0. The number of rotatable bonds is 3. The number of halogens is 2. The molecule has 0 heterocycles. The summed E-state index contributed by atoms with van der Waals surface area (Å²) in [5.74, 6) is -0.701. The molecule has 0 aliphatic heterocycles. The summed E-state index contributed by atoms with van der Waals surface area (Å²) >= 11 is 0. The summed E-state index contributed by atoms with van der Waals surface area (Å²) in [6.45, 7) is 1.96. The second-order valence-electron chi connectivity index (χ2n) is 4.22. The molecule has 1 N–H and O–H groups in total. The Balaban J connectivity index is 2.62. The molecule has 0 fully saturated rings. The topological polar surface area (TPSA) is 12.0 Å². The van der Waals surface area contributed by atoms with Crippen LogP contribution in [0.1, 0.15) is 18.5 Å². The monoisotopic (exact) mass is 247 g/mol. The SMILES string of the molecule is CNC(C)c1ccc(F)cc1-c1ccccc1F. The van der Waals surface area contributed by atoms with Crippen LogP contribution in [0.25, 0.3) is 11.1 Å². The minimum atomic E-state index is -0.361. The van der Waals surface area contributed by atoms with Crippen molar-refractivity contribution >= 4 is 0 Å². The van der Waals surface area contributed by atoms with Gasteiger partial charge < -0.3 is 5.32 Å². The highest BCUT2D eigenvalue weighted by Crippen LogP contribution is 2.30. The molecule has 18 heavy (non-hydrogen) atoms. The van der Waals surface area contributed by atoms with E-state index in [9.17, 15) is 8.78 Å². The van der Waals surface area contributed by atoms with Crippen molar-refractivity contribution in [3.05, 3.63) is 59.7 Å². The van der Waals surface area contributed by atoms with Crippen LogP contribution in [-0.2, 0) is 0 Å². The molecule has 1 nitrogen and oxygen atoms in total. The molecule has 2 rings (SSSR count). The zero-order chi connectivity index (χ0) is 13.1. The van der Waals surface area contributed by atoms with E-state index in [1.807, 2.05) is 14.0 Å². The molecule has 3 heteroatoms. The maximum Gasteiger partial charge on any atom is 0.131 e. The Morgan fingerprint density at radius 2 is 1.72 bits per heavy atom. The van der Waals surface area contributed by atoms with Crippen LogP contribution in [-0.4, -0.2) is 7.05 Å². The van der Waals surface area contributed by atoms with Crippen LogP contribution >= 0.6 is 0 Å². The molecular weight excluding hydrogens is 232 g/mol. The first-order chi connectivity index (χ1) is 8.63. The van der Waals surface area contributed by atoms with Gasteiger partial charge in [-0.05, 0) is 43.3 Å². The van der Waals surface area contributed by atoms with Gasteiger partial charge in [-0.1, -0.05) is 24.3 Å². The normalized spacial score (nSPS) is 12.4. The van der Waals surface area contributed by atoms with E-state index < -0.39 is 0 Å². The van der Waals surface area contributed by atoms with Gasteiger partial charge in [-0.15, -0.1) is 0 Å². The second kappa shape index (κ2) is 5.27. The lowest BCUT2D eigenvalue weighted by Crippen LogP contribution is -2.13. The Bertz CT molecular complexity index is 552. The van der Waals surface area contributed by atoms with Crippen molar-refractivity contribution in [2.24, 2.45) is 0 Å². The zero-order valence-corrected chi connectivity index (χ0v) is 10.4. The Labute approximate surface area is 105 Å². The van der Waals surface area contributed by atoms with Crippen molar-refractivity contribution in [3.8, 4) is 11.1 Å². The lowest BCUT2D eigenvalue weighted by Gasteiger charge is -2.16. The molecule has 2 aromatic carbocycles. The Morgan fingerprint density at radius 1 is 1.00 bits per heavy atom. The summed E-state index contributed by atoms with van der Waals surface area (Å²) in [5, 5.41) is 3.09. The van der Waals surface area contributed by atoms with Crippen LogP contribution < -0.4 is 5.32 Å². The molecule has 2 aromatic rings. The molecule has 0 spiro atoms. The average Bonchev–Trinajstić information content (AvgIpc) is 2.38. The highest BCUT2D eigenvalue weighted by molar-refractivity contribution is 5.68. The lowest BCUT2D eigenvalue weighted by atomic mass is 9.95. The van der Waals surface area contributed by atoms with E-state index in [4.69, 9.17) is 0 Å². The fourth-order valence-electron chi connectivity index (χ4n) is 1.97. The number of hydrogen-bond acceptors (Lipinski definition) is 1. The van der Waals surface area contributed by atoms with E-state index >= 15 is 0 Å². The van der Waals surface area contributed by atoms with Gasteiger partial charge in [0.15, 0.2) is 0 Å². The molecule has 1 unspecified atom stereocenters. The van der Waals surface area contributed by atoms with Crippen LogP contribution in [0, 0.1) is 11.6 Å². The summed E-state index contributed by atoms with van der Waals surface area (Å²) in [5.41, 5.74) is 1.90. The van der Waals surface area contributed by atoms with Crippen LogP contribution in [0.5, 0.6) is 0 Å². The van der Waals surface area contributed by atoms with E-state index in [1.165, 1.54) is 18.2 Å². The van der Waals surface area contributed by atoms with Crippen molar-refractivity contribution < 1.29 is 8.78 Å². The molecule has 0 aliphatic rings. The van der Waals surface area contributed by atoms with Gasteiger partial charge in [0.25, 0.3) is 0 Å². The van der Waals surface area contributed by atoms with Crippen molar-refractivity contribution in [1.82, 2.24) is 5.32 Å². The molecule has 0 saturated heterocycles. The lowest BCUT2D eigenvalue weighted by molar-refractivity contribution is 0.615. The highest BCUT2D eigenvalue weighted by atomic mass is 19.1. The van der Waals surface area contributed by atoms with Gasteiger partial charge in [0.2, 0.25) is 0 Å². The van der Waals surface area contributed by atoms with Gasteiger partial charge in [-0.25, -0.2) is 8.78 Å². The molecule has 0 amide bonds. The van der Waals surface area contributed by atoms with Crippen LogP contribution in [0.4, 0.5) is 8.78 Å². The summed E-state index contributed by atoms with van der Waals surface area (Å²) in [4.78, 5) is 0. The fourth-order valence-corrected chi connectivity index (χ4v) is 1.97. The first-order valence-corrected chi connectivity index (χ1v) is 5.85. The quantitative estimate of drug-likeness (QED) is 0.867. The maximum atomic E-state index is 13.8. The van der Waals surface area contributed by atoms with Crippen molar-refractivity contribution in [2.75, 3.05) is 7.05 Å². The highest BCUT2D eigenvalue weighted by Gasteiger charge is 2.14. The summed E-state index contributed by atoms with van der Waals surface area (Å²) in [6, 6.07) is 10.9. The molecule has 1 atom stereocenters. The minimum absolute atomic E-state index is 0.0280. The molecule has 0 aliphatic carbocycles. The number of benzene rings is 2. The molecule has 0 saturated carbocycles. The van der Waals surface area contributed by atoms with E-state index in [1.54, 1.807) is 24.3 Å². The van der Waals surface area contributed by atoms with Crippen LogP contribution in [0.3, 0.4) is 0 Å². The molecule has 0 bridgehead atoms. The van der Waals surface area contributed by atoms with E-state index in [-0.39, 0.29) is 17.7 Å². The van der Waals surface area contributed by atoms with Gasteiger partial charge in [0, 0.05) is 11.6 Å². The number of hydrogen-bond donors (Lipinski definition) is 1. The third-order valence-corrected chi connectivity index (χ3v) is 3.08. The predicted octanol–water partition coefficient (Wildman–Crippen LogP) is 3.91. The maximum absolute atomic E-state index is 13.8. The van der Waals surface area contributed by atoms with Crippen molar-refractivity contribution in [3.63, 3.8) is 0 Å². The Hall–Kier alpha value is -1.74. The van der Waals surface area contributed by atoms with Crippen molar-refractivity contribution in [2.45, 2.75) is 13.0 Å². The molecule has 0 aromatic heterocycles. The third kappa shape index (κ3) is 2.41. The van der Waals surface area contributed by atoms with Crippen LogP contribution in [0.15, 0.2) is 42.5 Å². The average molecular weight is 247 g/mol. The van der Waals surface area contributed by atoms with Gasteiger partial charge in [0.05, 0.1) is 0 Å². The zero-order valence-electron chi connectivity index (χ0n) is 10.4. The second-order valence-corrected chi connectivity index (χ2v) is 4.22. The molecular formula is C15H15F2N. The largest absolute Gasteiger partial charge is 0.313 e. The molecule has 0 radical (unpaired) electrons. The van der Waals surface area contributed by atoms with Gasteiger partial charge in [0.1, 0.15) is 11.6 Å². The third-order valence-electron chi connectivity index (χ3n) is 3.08. The number of nitrogens with one attached hydrogen (secondary N) is 1. The first kappa shape index (κ1) is 12.7. The van der Waals surface area contributed by atoms with Gasteiger partial charge in [-0.2, -0.15) is 0 Å². The van der Waals surface area contributed by atoms with E-state index in [2.05, 4.69) is 5.32 Å². The Morgan fingerprint density at radius 3 is 2.39 bits per heavy atom. The van der Waals surface area contributed by atoms with E-state index in [0.717, 1.165) is 5.56 Å². The Kier molecular flexibility index (Phi) is 3.72. The van der Waals surface area contributed by atoms with Gasteiger partial charge in [-0.3, -0.25) is 0 Å². The van der Waals surface area contributed by atoms with Gasteiger partial charge >= 0.3 is 0 Å². The standard InChI is InChI=1S/C15H15F2N/c1-10(18-2)12-8-7-11(16)9-14(12)13-5-3-4-6-15(13)17/h3-10,18H,1-2H3. The molecule has 94 valence electrons. The summed E-state index contributed by atoms with van der Waals surface area (Å²) in [7, 11) is 1.82. The van der Waals surface area contributed by atoms with Crippen LogP contribution in [0.2, 0.25) is 0 Å². The minimum Gasteiger partial charge on any atom is -0.313 e. The summed E-state index contributed by atoms with van der Waals surface area (Å²) < 4.78 is 27.2. The predicted molar refractivity (Wildman–Crippen MR) is 69.3 cm³/mol.